The van der Waals surface area contributed by atoms with Crippen molar-refractivity contribution in [3.8, 4) is 11.5 Å². The molecule has 1 atom stereocenters. The summed E-state index contributed by atoms with van der Waals surface area (Å²) >= 11 is 0. The summed E-state index contributed by atoms with van der Waals surface area (Å²) in [5.41, 5.74) is -0.0277. The topological polar surface area (TPSA) is 59.6 Å². The second-order valence-corrected chi connectivity index (χ2v) is 5.34. The highest BCUT2D eigenvalue weighted by Crippen LogP contribution is 2.42. The summed E-state index contributed by atoms with van der Waals surface area (Å²) in [4.78, 5) is 12.4. The van der Waals surface area contributed by atoms with Crippen LogP contribution >= 0.6 is 0 Å². The molecule has 2 aliphatic rings. The number of halogens is 2. The van der Waals surface area contributed by atoms with E-state index in [9.17, 15) is 13.6 Å². The molecule has 0 aliphatic carbocycles. The number of hydrogen-bond acceptors (Lipinski definition) is 4. The maximum absolute atomic E-state index is 13.0. The number of rotatable bonds is 3. The molecule has 0 aromatic heterocycles. The normalized spacial score (nSPS) is 25.9. The van der Waals surface area contributed by atoms with Crippen molar-refractivity contribution >= 4 is 11.6 Å². The van der Waals surface area contributed by atoms with Gasteiger partial charge in [-0.15, -0.1) is 8.78 Å². The van der Waals surface area contributed by atoms with E-state index in [2.05, 4.69) is 20.1 Å². The number of nitrogens with one attached hydrogen (secondary N) is 2. The van der Waals surface area contributed by atoms with E-state index < -0.39 is 11.7 Å². The molecule has 1 amide bonds. The Balaban J connectivity index is 1.76. The van der Waals surface area contributed by atoms with Gasteiger partial charge in [-0.25, -0.2) is 0 Å². The minimum absolute atomic E-state index is 0.0364. The van der Waals surface area contributed by atoms with Crippen LogP contribution in [0.1, 0.15) is 19.8 Å². The lowest BCUT2D eigenvalue weighted by Crippen LogP contribution is -2.37. The molecule has 5 nitrogen and oxygen atoms in total. The van der Waals surface area contributed by atoms with Crippen molar-refractivity contribution in [2.45, 2.75) is 26.1 Å². The van der Waals surface area contributed by atoms with Crippen molar-refractivity contribution in [2.24, 2.45) is 5.41 Å². The van der Waals surface area contributed by atoms with Gasteiger partial charge in [-0.05, 0) is 31.5 Å². The molecule has 1 fully saturated rings. The van der Waals surface area contributed by atoms with Crippen LogP contribution in [0.25, 0.3) is 0 Å². The van der Waals surface area contributed by atoms with Crippen LogP contribution in [0.2, 0.25) is 0 Å². The highest BCUT2D eigenvalue weighted by Gasteiger charge is 2.44. The first kappa shape index (κ1) is 14.1. The van der Waals surface area contributed by atoms with Crippen LogP contribution in [-0.2, 0) is 4.79 Å². The van der Waals surface area contributed by atoms with E-state index in [1.165, 1.54) is 18.2 Å². The first-order valence-corrected chi connectivity index (χ1v) is 6.86. The summed E-state index contributed by atoms with van der Waals surface area (Å²) in [5, 5.41) is 5.95. The maximum Gasteiger partial charge on any atom is 0.586 e. The molecule has 1 saturated heterocycles. The Morgan fingerprint density at radius 3 is 2.81 bits per heavy atom. The molecule has 114 valence electrons. The summed E-state index contributed by atoms with van der Waals surface area (Å²) in [6.07, 6.45) is -2.17. The lowest BCUT2D eigenvalue weighted by atomic mass is 9.83. The molecule has 3 rings (SSSR count). The van der Waals surface area contributed by atoms with Gasteiger partial charge in [0.2, 0.25) is 5.91 Å². The van der Waals surface area contributed by atoms with Crippen LogP contribution in [0.3, 0.4) is 0 Å². The molecule has 0 radical (unpaired) electrons. The van der Waals surface area contributed by atoms with Gasteiger partial charge in [0.1, 0.15) is 0 Å². The van der Waals surface area contributed by atoms with Crippen molar-refractivity contribution in [1.82, 2.24) is 5.32 Å². The zero-order chi connectivity index (χ0) is 15.1. The standard InChI is InChI=1S/C14H16F2N2O3/c1-2-13(5-6-17-8-13)12(19)18-9-3-4-10-11(7-9)21-14(15,16)20-10/h3-4,7,17H,2,5-6,8H2,1H3,(H,18,19). The summed E-state index contributed by atoms with van der Waals surface area (Å²) in [6, 6.07) is 4.23. The van der Waals surface area contributed by atoms with Crippen molar-refractivity contribution < 1.29 is 23.0 Å². The van der Waals surface area contributed by atoms with Gasteiger partial charge in [0, 0.05) is 18.3 Å². The third-order valence-electron chi connectivity index (χ3n) is 4.06. The van der Waals surface area contributed by atoms with E-state index >= 15 is 0 Å². The monoisotopic (exact) mass is 298 g/mol. The lowest BCUT2D eigenvalue weighted by molar-refractivity contribution is -0.286. The average molecular weight is 298 g/mol. The summed E-state index contributed by atoms with van der Waals surface area (Å²) < 4.78 is 34.6. The van der Waals surface area contributed by atoms with Gasteiger partial charge in [0.05, 0.1) is 5.41 Å². The molecule has 2 aliphatic heterocycles. The predicted octanol–water partition coefficient (Wildman–Crippen LogP) is 2.34. The van der Waals surface area contributed by atoms with Crippen LogP contribution in [0, 0.1) is 5.41 Å². The highest BCUT2D eigenvalue weighted by molar-refractivity contribution is 5.96. The van der Waals surface area contributed by atoms with Crippen LogP contribution in [0.4, 0.5) is 14.5 Å². The SMILES string of the molecule is CCC1(C(=O)Nc2ccc3c(c2)OC(F)(F)O3)CCNC1. The van der Waals surface area contributed by atoms with Crippen molar-refractivity contribution in [1.29, 1.82) is 0 Å². The smallest absolute Gasteiger partial charge is 0.395 e. The number of ether oxygens (including phenoxy) is 2. The molecule has 2 heterocycles. The van der Waals surface area contributed by atoms with Gasteiger partial charge in [0.15, 0.2) is 11.5 Å². The zero-order valence-electron chi connectivity index (χ0n) is 11.5. The van der Waals surface area contributed by atoms with Crippen LogP contribution in [0.15, 0.2) is 18.2 Å². The number of hydrogen-bond donors (Lipinski definition) is 2. The fourth-order valence-corrected chi connectivity index (χ4v) is 2.69. The van der Waals surface area contributed by atoms with Crippen LogP contribution in [0.5, 0.6) is 11.5 Å². The molecule has 1 aromatic rings. The highest BCUT2D eigenvalue weighted by atomic mass is 19.3. The Bertz CT molecular complexity index is 571. The summed E-state index contributed by atoms with van der Waals surface area (Å²) in [7, 11) is 0. The Labute approximate surface area is 120 Å². The molecule has 2 N–H and O–H groups in total. The van der Waals surface area contributed by atoms with E-state index in [-0.39, 0.29) is 17.4 Å². The van der Waals surface area contributed by atoms with Crippen molar-refractivity contribution in [2.75, 3.05) is 18.4 Å². The second-order valence-electron chi connectivity index (χ2n) is 5.34. The fraction of sp³-hybridized carbons (Fsp3) is 0.500. The van der Waals surface area contributed by atoms with Gasteiger partial charge >= 0.3 is 6.29 Å². The number of alkyl halides is 2. The number of amides is 1. The minimum atomic E-state index is -3.65. The van der Waals surface area contributed by atoms with E-state index in [1.807, 2.05) is 6.92 Å². The average Bonchev–Trinajstić information content (AvgIpc) is 3.01. The van der Waals surface area contributed by atoms with Gasteiger partial charge in [-0.3, -0.25) is 4.79 Å². The second kappa shape index (κ2) is 4.84. The van der Waals surface area contributed by atoms with Crippen LogP contribution in [-0.4, -0.2) is 25.3 Å². The lowest BCUT2D eigenvalue weighted by Gasteiger charge is -2.25. The van der Waals surface area contributed by atoms with E-state index in [0.717, 1.165) is 13.0 Å². The third kappa shape index (κ3) is 2.53. The van der Waals surface area contributed by atoms with Gasteiger partial charge in [-0.1, -0.05) is 6.92 Å². The van der Waals surface area contributed by atoms with Gasteiger partial charge in [-0.2, -0.15) is 0 Å². The molecule has 1 unspecified atom stereocenters. The van der Waals surface area contributed by atoms with Crippen molar-refractivity contribution in [3.63, 3.8) is 0 Å². The van der Waals surface area contributed by atoms with E-state index in [4.69, 9.17) is 0 Å². The fourth-order valence-electron chi connectivity index (χ4n) is 2.69. The van der Waals surface area contributed by atoms with Gasteiger partial charge < -0.3 is 20.1 Å². The number of anilines is 1. The Morgan fingerprint density at radius 1 is 1.38 bits per heavy atom. The number of carbonyl (C=O) groups excluding carboxylic acids is 1. The Morgan fingerprint density at radius 2 is 2.14 bits per heavy atom. The largest absolute Gasteiger partial charge is 0.586 e. The molecule has 0 bridgehead atoms. The third-order valence-corrected chi connectivity index (χ3v) is 4.06. The Hall–Kier alpha value is -1.89. The minimum Gasteiger partial charge on any atom is -0.395 e. The predicted molar refractivity (Wildman–Crippen MR) is 71.5 cm³/mol. The summed E-state index contributed by atoms with van der Waals surface area (Å²) in [6.45, 7) is 3.39. The number of carbonyl (C=O) groups is 1. The van der Waals surface area contributed by atoms with E-state index in [0.29, 0.717) is 18.7 Å². The Kier molecular flexibility index (Phi) is 3.24. The first-order valence-electron chi connectivity index (χ1n) is 6.86. The van der Waals surface area contributed by atoms with E-state index in [1.54, 1.807) is 0 Å². The molecule has 0 spiro atoms. The quantitative estimate of drug-likeness (QED) is 0.899. The molecule has 21 heavy (non-hydrogen) atoms. The van der Waals surface area contributed by atoms with Crippen molar-refractivity contribution in [3.05, 3.63) is 18.2 Å². The molecule has 0 saturated carbocycles. The molecular formula is C14H16F2N2O3. The zero-order valence-corrected chi connectivity index (χ0v) is 11.5. The maximum atomic E-state index is 13.0. The van der Waals surface area contributed by atoms with Gasteiger partial charge in [0.25, 0.3) is 0 Å². The molecule has 7 heteroatoms. The van der Waals surface area contributed by atoms with Crippen LogP contribution < -0.4 is 20.1 Å². The molecule has 1 aromatic carbocycles. The first-order chi connectivity index (χ1) is 9.94. The molecular weight excluding hydrogens is 282 g/mol. The summed E-state index contributed by atoms with van der Waals surface area (Å²) in [5.74, 6) is -0.223. The number of fused-ring (bicyclic) bond motifs is 1. The number of benzene rings is 1.